The highest BCUT2D eigenvalue weighted by atomic mass is 19.1. The number of carbonyl (C=O) groups excluding carboxylic acids is 1. The van der Waals surface area contributed by atoms with Gasteiger partial charge in [0, 0.05) is 36.7 Å². The highest BCUT2D eigenvalue weighted by Crippen LogP contribution is 2.54. The molecule has 2 aliphatic carbocycles. The zero-order chi connectivity index (χ0) is 19.1. The third kappa shape index (κ3) is 2.40. The molecule has 0 aromatic heterocycles. The van der Waals surface area contributed by atoms with Gasteiger partial charge < -0.3 is 20.6 Å². The van der Waals surface area contributed by atoms with E-state index in [1.165, 1.54) is 11.1 Å². The number of nitrogens with zero attached hydrogens (tertiary/aromatic N) is 2. The van der Waals surface area contributed by atoms with Gasteiger partial charge in [-0.1, -0.05) is 6.08 Å². The summed E-state index contributed by atoms with van der Waals surface area (Å²) >= 11 is 0. The summed E-state index contributed by atoms with van der Waals surface area (Å²) in [5.74, 6) is -2.04. The Hall–Kier alpha value is -2.15. The SMILES string of the molecule is CC1=C(N2CCC3(CC3N)C2)C(F)=CN2C(=O)C(C(=O)O)=CC(C3CC3)C12. The average molecular weight is 373 g/mol. The van der Waals surface area contributed by atoms with Crippen molar-refractivity contribution in [1.29, 1.82) is 0 Å². The summed E-state index contributed by atoms with van der Waals surface area (Å²) in [7, 11) is 0. The topological polar surface area (TPSA) is 86.9 Å². The maximum absolute atomic E-state index is 15.1. The maximum Gasteiger partial charge on any atom is 0.341 e. The Kier molecular flexibility index (Phi) is 3.42. The van der Waals surface area contributed by atoms with Gasteiger partial charge in [0.1, 0.15) is 5.57 Å². The Bertz CT molecular complexity index is 843. The van der Waals surface area contributed by atoms with Crippen molar-refractivity contribution in [2.45, 2.75) is 44.7 Å². The molecule has 1 amide bonds. The van der Waals surface area contributed by atoms with E-state index in [0.717, 1.165) is 44.3 Å². The van der Waals surface area contributed by atoms with Gasteiger partial charge >= 0.3 is 5.97 Å². The van der Waals surface area contributed by atoms with Crippen LogP contribution in [0.2, 0.25) is 0 Å². The number of nitrogens with two attached hydrogens (primary N) is 1. The first-order valence-corrected chi connectivity index (χ1v) is 9.69. The fourth-order valence-corrected chi connectivity index (χ4v) is 5.33. The first kappa shape index (κ1) is 17.0. The van der Waals surface area contributed by atoms with Crippen LogP contribution in [0.25, 0.3) is 0 Å². The van der Waals surface area contributed by atoms with Crippen molar-refractivity contribution >= 4 is 11.9 Å². The fourth-order valence-electron chi connectivity index (χ4n) is 5.33. The average Bonchev–Trinajstić information content (AvgIpc) is 3.49. The molecular formula is C20H24FN3O3. The predicted octanol–water partition coefficient (Wildman–Crippen LogP) is 1.76. The largest absolute Gasteiger partial charge is 0.478 e. The first-order valence-electron chi connectivity index (χ1n) is 9.69. The standard InChI is InChI=1S/C20H24FN3O3/c1-10-16-12(11-2-3-11)6-13(19(26)27)18(25)24(16)8-14(21)17(10)23-5-4-20(9-23)7-15(20)22/h6,8,11-12,15-16H,2-5,7,9,22H2,1H3,(H,26,27). The number of aliphatic carboxylic acids is 1. The minimum atomic E-state index is -1.24. The molecule has 4 unspecified atom stereocenters. The summed E-state index contributed by atoms with van der Waals surface area (Å²) in [4.78, 5) is 27.6. The second kappa shape index (κ2) is 5.44. The Morgan fingerprint density at radius 2 is 2.11 bits per heavy atom. The smallest absolute Gasteiger partial charge is 0.341 e. The van der Waals surface area contributed by atoms with E-state index in [9.17, 15) is 14.7 Å². The van der Waals surface area contributed by atoms with Crippen LogP contribution >= 0.6 is 0 Å². The van der Waals surface area contributed by atoms with Gasteiger partial charge in [0.05, 0.1) is 11.7 Å². The molecule has 27 heavy (non-hydrogen) atoms. The molecule has 5 aliphatic rings. The van der Waals surface area contributed by atoms with Crippen molar-refractivity contribution in [1.82, 2.24) is 9.80 Å². The van der Waals surface area contributed by atoms with Crippen molar-refractivity contribution < 1.29 is 19.1 Å². The summed E-state index contributed by atoms with van der Waals surface area (Å²) in [6, 6.07) is -0.0981. The molecule has 0 bridgehead atoms. The number of hydrogen-bond donors (Lipinski definition) is 2. The lowest BCUT2D eigenvalue weighted by Gasteiger charge is -2.43. The Morgan fingerprint density at radius 1 is 1.41 bits per heavy atom. The Balaban J connectivity index is 1.54. The van der Waals surface area contributed by atoms with Gasteiger partial charge in [-0.15, -0.1) is 0 Å². The summed E-state index contributed by atoms with van der Waals surface area (Å²) in [6.45, 7) is 3.42. The van der Waals surface area contributed by atoms with Crippen LogP contribution in [-0.2, 0) is 9.59 Å². The second-order valence-electron chi connectivity index (χ2n) is 8.81. The van der Waals surface area contributed by atoms with Gasteiger partial charge in [0.25, 0.3) is 5.91 Å². The number of carboxylic acid groups (broad SMARTS) is 1. The lowest BCUT2D eigenvalue weighted by Crippen LogP contribution is -2.50. The molecule has 5 rings (SSSR count). The molecule has 2 saturated carbocycles. The number of carbonyl (C=O) groups is 2. The second-order valence-corrected chi connectivity index (χ2v) is 8.81. The van der Waals surface area contributed by atoms with Gasteiger partial charge in [-0.2, -0.15) is 0 Å². The highest BCUT2D eigenvalue weighted by Gasteiger charge is 2.57. The van der Waals surface area contributed by atoms with E-state index in [-0.39, 0.29) is 29.0 Å². The van der Waals surface area contributed by atoms with Crippen molar-refractivity contribution in [3.8, 4) is 0 Å². The van der Waals surface area contributed by atoms with Crippen molar-refractivity contribution in [2.24, 2.45) is 23.0 Å². The zero-order valence-corrected chi connectivity index (χ0v) is 15.3. The molecule has 3 heterocycles. The summed E-state index contributed by atoms with van der Waals surface area (Å²) < 4.78 is 15.1. The molecule has 3 fully saturated rings. The summed E-state index contributed by atoms with van der Waals surface area (Å²) in [5.41, 5.74) is 7.38. The van der Waals surface area contributed by atoms with E-state index >= 15 is 4.39 Å². The van der Waals surface area contributed by atoms with Crippen LogP contribution in [0.15, 0.2) is 34.9 Å². The van der Waals surface area contributed by atoms with Crippen molar-refractivity contribution in [3.05, 3.63) is 34.9 Å². The van der Waals surface area contributed by atoms with Gasteiger partial charge in [-0.25, -0.2) is 9.18 Å². The summed E-state index contributed by atoms with van der Waals surface area (Å²) in [6.07, 6.45) is 6.83. The molecule has 7 heteroatoms. The van der Waals surface area contributed by atoms with Crippen LogP contribution in [0, 0.1) is 17.3 Å². The first-order chi connectivity index (χ1) is 12.8. The van der Waals surface area contributed by atoms with Crippen LogP contribution in [0.1, 0.15) is 32.6 Å². The van der Waals surface area contributed by atoms with Crippen LogP contribution in [0.3, 0.4) is 0 Å². The molecule has 0 radical (unpaired) electrons. The number of allylic oxidation sites excluding steroid dienone is 1. The van der Waals surface area contributed by atoms with Crippen molar-refractivity contribution in [3.63, 3.8) is 0 Å². The monoisotopic (exact) mass is 373 g/mol. The number of likely N-dealkylation sites (tertiary alicyclic amines) is 1. The van der Waals surface area contributed by atoms with E-state index in [1.54, 1.807) is 6.08 Å². The molecular weight excluding hydrogens is 349 g/mol. The highest BCUT2D eigenvalue weighted by molar-refractivity contribution is 6.16. The van der Waals surface area contributed by atoms with Crippen molar-refractivity contribution in [2.75, 3.05) is 13.1 Å². The van der Waals surface area contributed by atoms with Gasteiger partial charge in [-0.05, 0) is 44.1 Å². The molecule has 1 spiro atoms. The predicted molar refractivity (Wildman–Crippen MR) is 95.7 cm³/mol. The lowest BCUT2D eigenvalue weighted by molar-refractivity contribution is -0.138. The van der Waals surface area contributed by atoms with Crippen LogP contribution in [-0.4, -0.2) is 52.0 Å². The summed E-state index contributed by atoms with van der Waals surface area (Å²) in [5, 5.41) is 9.40. The van der Waals surface area contributed by atoms with Crippen LogP contribution < -0.4 is 5.73 Å². The molecule has 144 valence electrons. The van der Waals surface area contributed by atoms with Crippen LogP contribution in [0.5, 0.6) is 0 Å². The van der Waals surface area contributed by atoms with Gasteiger partial charge in [-0.3, -0.25) is 4.79 Å². The van der Waals surface area contributed by atoms with Crippen LogP contribution in [0.4, 0.5) is 4.39 Å². The Labute approximate surface area is 157 Å². The number of amides is 1. The van der Waals surface area contributed by atoms with E-state index < -0.39 is 17.7 Å². The van der Waals surface area contributed by atoms with Gasteiger partial charge in [0.15, 0.2) is 5.83 Å². The molecule has 0 aromatic carbocycles. The molecule has 3 N–H and O–H groups in total. The fraction of sp³-hybridized carbons (Fsp3) is 0.600. The number of fused-ring (bicyclic) bond motifs is 1. The molecule has 6 nitrogen and oxygen atoms in total. The number of carboxylic acids is 1. The zero-order valence-electron chi connectivity index (χ0n) is 15.3. The molecule has 4 atom stereocenters. The number of hydrogen-bond acceptors (Lipinski definition) is 4. The minimum absolute atomic E-state index is 0.0760. The van der Waals surface area contributed by atoms with E-state index in [2.05, 4.69) is 4.90 Å². The number of rotatable bonds is 3. The lowest BCUT2D eigenvalue weighted by atomic mass is 9.81. The van der Waals surface area contributed by atoms with E-state index in [1.807, 2.05) is 6.92 Å². The number of halogens is 1. The maximum atomic E-state index is 15.1. The molecule has 3 aliphatic heterocycles. The quantitative estimate of drug-likeness (QED) is 0.736. The third-order valence-electron chi connectivity index (χ3n) is 7.14. The normalized spacial score (nSPS) is 38.2. The Morgan fingerprint density at radius 3 is 2.67 bits per heavy atom. The molecule has 1 saturated heterocycles. The third-order valence-corrected chi connectivity index (χ3v) is 7.14. The van der Waals surface area contributed by atoms with Gasteiger partial charge in [0.2, 0.25) is 0 Å². The minimum Gasteiger partial charge on any atom is -0.478 e. The molecule has 0 aromatic rings. The van der Waals surface area contributed by atoms with E-state index in [4.69, 9.17) is 5.73 Å². The van der Waals surface area contributed by atoms with E-state index in [0.29, 0.717) is 11.6 Å².